The molecule has 7 nitrogen and oxygen atoms in total. The third kappa shape index (κ3) is 5.14. The maximum absolute atomic E-state index is 12.7. The molecule has 0 spiro atoms. The first-order valence-corrected chi connectivity index (χ1v) is 7.17. The summed E-state index contributed by atoms with van der Waals surface area (Å²) in [5.41, 5.74) is 0.353. The third-order valence-corrected chi connectivity index (χ3v) is 3.35. The van der Waals surface area contributed by atoms with Crippen molar-refractivity contribution in [2.75, 3.05) is 41.0 Å². The Morgan fingerprint density at radius 3 is 2.13 bits per heavy atom. The molecule has 0 radical (unpaired) electrons. The second-order valence-electron chi connectivity index (χ2n) is 5.00. The van der Waals surface area contributed by atoms with Crippen LogP contribution in [0.2, 0.25) is 0 Å². The standard InChI is InChI=1S/C16H23NO6/c1-11(16(20)23-4)10-17(5-6-18)15(19)12-7-13(21-2)9-14(8-12)22-3/h7-9,11,18H,5-6,10H2,1-4H3. The van der Waals surface area contributed by atoms with Crippen LogP contribution in [0.4, 0.5) is 0 Å². The normalized spacial score (nSPS) is 11.5. The number of nitrogens with zero attached hydrogens (tertiary/aromatic N) is 1. The summed E-state index contributed by atoms with van der Waals surface area (Å²) in [5.74, 6) is -0.269. The SMILES string of the molecule is COC(=O)C(C)CN(CCO)C(=O)c1cc(OC)cc(OC)c1. The van der Waals surface area contributed by atoms with E-state index in [-0.39, 0.29) is 25.6 Å². The van der Waals surface area contributed by atoms with E-state index in [0.717, 1.165) is 0 Å². The highest BCUT2D eigenvalue weighted by atomic mass is 16.5. The molecule has 1 N–H and O–H groups in total. The van der Waals surface area contributed by atoms with Gasteiger partial charge in [-0.15, -0.1) is 0 Å². The number of rotatable bonds is 8. The lowest BCUT2D eigenvalue weighted by Gasteiger charge is -2.24. The van der Waals surface area contributed by atoms with Crippen molar-refractivity contribution < 1.29 is 28.9 Å². The molecule has 0 saturated carbocycles. The molecule has 1 atom stereocenters. The number of methoxy groups -OCH3 is 3. The van der Waals surface area contributed by atoms with Crippen molar-refractivity contribution in [3.05, 3.63) is 23.8 Å². The predicted molar refractivity (Wildman–Crippen MR) is 83.7 cm³/mol. The molecule has 0 heterocycles. The van der Waals surface area contributed by atoms with Crippen LogP contribution in [0.5, 0.6) is 11.5 Å². The summed E-state index contributed by atoms with van der Waals surface area (Å²) in [6.45, 7) is 1.71. The van der Waals surface area contributed by atoms with E-state index in [1.54, 1.807) is 25.1 Å². The molecule has 23 heavy (non-hydrogen) atoms. The van der Waals surface area contributed by atoms with E-state index >= 15 is 0 Å². The first-order chi connectivity index (χ1) is 11.0. The molecule has 7 heteroatoms. The molecule has 1 aromatic carbocycles. The number of ether oxygens (including phenoxy) is 3. The largest absolute Gasteiger partial charge is 0.497 e. The summed E-state index contributed by atoms with van der Waals surface area (Å²) in [6, 6.07) is 4.82. The molecule has 0 aliphatic carbocycles. The van der Waals surface area contributed by atoms with Crippen LogP contribution >= 0.6 is 0 Å². The lowest BCUT2D eigenvalue weighted by molar-refractivity contribution is -0.145. The highest BCUT2D eigenvalue weighted by molar-refractivity contribution is 5.95. The van der Waals surface area contributed by atoms with Crippen molar-refractivity contribution in [2.24, 2.45) is 5.92 Å². The molecule has 128 valence electrons. The topological polar surface area (TPSA) is 85.3 Å². The average Bonchev–Trinajstić information content (AvgIpc) is 2.59. The zero-order valence-electron chi connectivity index (χ0n) is 13.9. The fourth-order valence-electron chi connectivity index (χ4n) is 2.12. The summed E-state index contributed by atoms with van der Waals surface area (Å²) in [4.78, 5) is 25.6. The quantitative estimate of drug-likeness (QED) is 0.716. The van der Waals surface area contributed by atoms with E-state index in [0.29, 0.717) is 17.1 Å². The van der Waals surface area contributed by atoms with Gasteiger partial charge < -0.3 is 24.2 Å². The number of amides is 1. The van der Waals surface area contributed by atoms with Gasteiger partial charge in [0.25, 0.3) is 5.91 Å². The van der Waals surface area contributed by atoms with Crippen LogP contribution in [0.25, 0.3) is 0 Å². The van der Waals surface area contributed by atoms with Crippen LogP contribution in [0.15, 0.2) is 18.2 Å². The van der Waals surface area contributed by atoms with Crippen molar-refractivity contribution in [3.8, 4) is 11.5 Å². The van der Waals surface area contributed by atoms with E-state index in [2.05, 4.69) is 4.74 Å². The van der Waals surface area contributed by atoms with Crippen molar-refractivity contribution in [3.63, 3.8) is 0 Å². The molecule has 1 unspecified atom stereocenters. The smallest absolute Gasteiger partial charge is 0.310 e. The van der Waals surface area contributed by atoms with Crippen LogP contribution in [0, 0.1) is 5.92 Å². The average molecular weight is 325 g/mol. The minimum absolute atomic E-state index is 0.111. The number of carbonyl (C=O) groups excluding carboxylic acids is 2. The number of hydrogen-bond acceptors (Lipinski definition) is 6. The van der Waals surface area contributed by atoms with Gasteiger partial charge in [0.05, 0.1) is 33.9 Å². The third-order valence-electron chi connectivity index (χ3n) is 3.35. The summed E-state index contributed by atoms with van der Waals surface area (Å²) in [6.07, 6.45) is 0. The van der Waals surface area contributed by atoms with Crippen LogP contribution in [-0.2, 0) is 9.53 Å². The van der Waals surface area contributed by atoms with E-state index in [9.17, 15) is 14.7 Å². The fraction of sp³-hybridized carbons (Fsp3) is 0.500. The fourth-order valence-corrected chi connectivity index (χ4v) is 2.12. The Kier molecular flexibility index (Phi) is 7.34. The van der Waals surface area contributed by atoms with E-state index in [1.165, 1.54) is 26.2 Å². The first-order valence-electron chi connectivity index (χ1n) is 7.17. The van der Waals surface area contributed by atoms with Gasteiger partial charge in [-0.3, -0.25) is 9.59 Å². The molecule has 0 bridgehead atoms. The van der Waals surface area contributed by atoms with Gasteiger partial charge in [-0.1, -0.05) is 6.92 Å². The summed E-state index contributed by atoms with van der Waals surface area (Å²) in [7, 11) is 4.28. The second-order valence-corrected chi connectivity index (χ2v) is 5.00. The minimum Gasteiger partial charge on any atom is -0.497 e. The molecule has 0 aromatic heterocycles. The van der Waals surface area contributed by atoms with Crippen LogP contribution in [0.3, 0.4) is 0 Å². The monoisotopic (exact) mass is 325 g/mol. The van der Waals surface area contributed by atoms with Crippen LogP contribution in [-0.4, -0.2) is 62.9 Å². The number of benzene rings is 1. The zero-order chi connectivity index (χ0) is 17.4. The molecule has 1 amide bonds. The van der Waals surface area contributed by atoms with E-state index < -0.39 is 11.9 Å². The summed E-state index contributed by atoms with van der Waals surface area (Å²) >= 11 is 0. The van der Waals surface area contributed by atoms with Crippen LogP contribution < -0.4 is 9.47 Å². The van der Waals surface area contributed by atoms with Gasteiger partial charge in [-0.2, -0.15) is 0 Å². The molecule has 1 aromatic rings. The summed E-state index contributed by atoms with van der Waals surface area (Å²) < 4.78 is 15.0. The predicted octanol–water partition coefficient (Wildman–Crippen LogP) is 0.947. The highest BCUT2D eigenvalue weighted by Crippen LogP contribution is 2.23. The number of carbonyl (C=O) groups is 2. The Hall–Kier alpha value is -2.28. The molecular formula is C16H23NO6. The lowest BCUT2D eigenvalue weighted by atomic mass is 10.1. The van der Waals surface area contributed by atoms with Crippen molar-refractivity contribution in [2.45, 2.75) is 6.92 Å². The van der Waals surface area contributed by atoms with Crippen molar-refractivity contribution in [1.82, 2.24) is 4.90 Å². The molecular weight excluding hydrogens is 302 g/mol. The molecule has 1 rings (SSSR count). The maximum Gasteiger partial charge on any atom is 0.310 e. The van der Waals surface area contributed by atoms with Gasteiger partial charge in [0.1, 0.15) is 11.5 Å². The Balaban J connectivity index is 3.03. The Labute approximate surface area is 135 Å². The number of aliphatic hydroxyl groups excluding tert-OH is 1. The van der Waals surface area contributed by atoms with Gasteiger partial charge in [0, 0.05) is 24.7 Å². The molecule has 0 fully saturated rings. The number of hydrogen-bond donors (Lipinski definition) is 1. The Morgan fingerprint density at radius 2 is 1.70 bits per heavy atom. The van der Waals surface area contributed by atoms with Gasteiger partial charge in [0.15, 0.2) is 0 Å². The van der Waals surface area contributed by atoms with Gasteiger partial charge >= 0.3 is 5.97 Å². The van der Waals surface area contributed by atoms with Crippen molar-refractivity contribution in [1.29, 1.82) is 0 Å². The zero-order valence-corrected chi connectivity index (χ0v) is 13.9. The van der Waals surface area contributed by atoms with E-state index in [4.69, 9.17) is 9.47 Å². The van der Waals surface area contributed by atoms with Crippen molar-refractivity contribution >= 4 is 11.9 Å². The van der Waals surface area contributed by atoms with E-state index in [1.807, 2.05) is 0 Å². The van der Waals surface area contributed by atoms with Gasteiger partial charge in [-0.25, -0.2) is 0 Å². The molecule has 0 aliphatic rings. The lowest BCUT2D eigenvalue weighted by Crippen LogP contribution is -2.39. The maximum atomic E-state index is 12.7. The first kappa shape index (κ1) is 18.8. The Morgan fingerprint density at radius 1 is 1.13 bits per heavy atom. The molecule has 0 aliphatic heterocycles. The number of aliphatic hydroxyl groups is 1. The number of esters is 1. The Bertz CT molecular complexity index is 523. The molecule has 0 saturated heterocycles. The van der Waals surface area contributed by atoms with Crippen LogP contribution in [0.1, 0.15) is 17.3 Å². The van der Waals surface area contributed by atoms with Gasteiger partial charge in [0.2, 0.25) is 0 Å². The highest BCUT2D eigenvalue weighted by Gasteiger charge is 2.23. The van der Waals surface area contributed by atoms with Gasteiger partial charge in [-0.05, 0) is 12.1 Å². The second kappa shape index (κ2) is 8.99. The minimum atomic E-state index is -0.497. The summed E-state index contributed by atoms with van der Waals surface area (Å²) in [5, 5.41) is 9.18.